The molecular weight excluding hydrogens is 284 g/mol. The van der Waals surface area contributed by atoms with Gasteiger partial charge in [0.25, 0.3) is 0 Å². The molecule has 2 aromatic rings. The highest BCUT2D eigenvalue weighted by atomic mass is 32.1. The van der Waals surface area contributed by atoms with Crippen LogP contribution in [0.2, 0.25) is 0 Å². The Morgan fingerprint density at radius 1 is 1.10 bits per heavy atom. The zero-order chi connectivity index (χ0) is 15.2. The van der Waals surface area contributed by atoms with Gasteiger partial charge >= 0.3 is 0 Å². The molecule has 0 radical (unpaired) electrons. The number of ketones is 1. The minimum Gasteiger partial charge on any atom is -0.495 e. The van der Waals surface area contributed by atoms with Crippen LogP contribution in [0, 0.1) is 0 Å². The Kier molecular flexibility index (Phi) is 4.90. The van der Waals surface area contributed by atoms with E-state index in [1.165, 1.54) is 6.92 Å². The van der Waals surface area contributed by atoms with Gasteiger partial charge in [-0.3, -0.25) is 4.79 Å². The summed E-state index contributed by atoms with van der Waals surface area (Å²) in [4.78, 5) is 11.4. The molecule has 2 N–H and O–H groups in total. The van der Waals surface area contributed by atoms with Crippen LogP contribution in [0.3, 0.4) is 0 Å². The summed E-state index contributed by atoms with van der Waals surface area (Å²) in [6, 6.07) is 14.7. The second kappa shape index (κ2) is 6.85. The zero-order valence-corrected chi connectivity index (χ0v) is 12.7. The van der Waals surface area contributed by atoms with E-state index in [4.69, 9.17) is 17.0 Å². The molecule has 2 aromatic carbocycles. The van der Waals surface area contributed by atoms with E-state index in [1.807, 2.05) is 36.4 Å². The summed E-state index contributed by atoms with van der Waals surface area (Å²) in [5, 5.41) is 6.55. The van der Waals surface area contributed by atoms with Gasteiger partial charge in [-0.2, -0.15) is 0 Å². The highest BCUT2D eigenvalue weighted by Gasteiger charge is 2.05. The van der Waals surface area contributed by atoms with E-state index in [-0.39, 0.29) is 5.78 Å². The Bertz CT molecular complexity index is 671. The molecule has 0 unspecified atom stereocenters. The molecule has 0 bridgehead atoms. The Hall–Kier alpha value is -2.40. The number of anilines is 2. The Balaban J connectivity index is 2.08. The van der Waals surface area contributed by atoms with Crippen LogP contribution in [-0.4, -0.2) is 18.0 Å². The molecule has 0 aromatic heterocycles. The molecule has 0 amide bonds. The molecule has 0 heterocycles. The Morgan fingerprint density at radius 3 is 2.57 bits per heavy atom. The van der Waals surface area contributed by atoms with Crippen molar-refractivity contribution < 1.29 is 9.53 Å². The molecule has 0 fully saturated rings. The third kappa shape index (κ3) is 4.03. The van der Waals surface area contributed by atoms with E-state index in [2.05, 4.69) is 10.6 Å². The van der Waals surface area contributed by atoms with E-state index in [0.717, 1.165) is 11.4 Å². The summed E-state index contributed by atoms with van der Waals surface area (Å²) >= 11 is 5.27. The maximum atomic E-state index is 11.4. The van der Waals surface area contributed by atoms with Gasteiger partial charge in [0.15, 0.2) is 10.9 Å². The number of carbonyl (C=O) groups excluding carboxylic acids is 1. The monoisotopic (exact) mass is 300 g/mol. The summed E-state index contributed by atoms with van der Waals surface area (Å²) < 4.78 is 5.25. The van der Waals surface area contributed by atoms with Crippen molar-refractivity contribution in [2.75, 3.05) is 17.7 Å². The molecule has 4 nitrogen and oxygen atoms in total. The number of rotatable bonds is 4. The van der Waals surface area contributed by atoms with E-state index in [1.54, 1.807) is 19.2 Å². The topological polar surface area (TPSA) is 50.4 Å². The lowest BCUT2D eigenvalue weighted by molar-refractivity contribution is 0.101. The summed E-state index contributed by atoms with van der Waals surface area (Å²) in [5.41, 5.74) is 2.18. The number of nitrogens with one attached hydrogen (secondary N) is 2. The third-order valence-electron chi connectivity index (χ3n) is 2.88. The number of para-hydroxylation sites is 2. The first kappa shape index (κ1) is 15.0. The lowest BCUT2D eigenvalue weighted by atomic mass is 10.1. The minimum atomic E-state index is 0.0160. The van der Waals surface area contributed by atoms with Crippen LogP contribution in [0.5, 0.6) is 5.75 Å². The SMILES string of the molecule is COc1ccccc1NC(=S)Nc1cccc(C(C)=O)c1. The molecule has 108 valence electrons. The van der Waals surface area contributed by atoms with Gasteiger partial charge in [-0.05, 0) is 43.4 Å². The van der Waals surface area contributed by atoms with Crippen LogP contribution in [-0.2, 0) is 0 Å². The molecular formula is C16H16N2O2S. The highest BCUT2D eigenvalue weighted by Crippen LogP contribution is 2.23. The van der Waals surface area contributed by atoms with Crippen molar-refractivity contribution in [1.82, 2.24) is 0 Å². The van der Waals surface area contributed by atoms with Crippen molar-refractivity contribution >= 4 is 34.5 Å². The van der Waals surface area contributed by atoms with Gasteiger partial charge in [-0.15, -0.1) is 0 Å². The first-order chi connectivity index (χ1) is 10.1. The van der Waals surface area contributed by atoms with Gasteiger partial charge in [0, 0.05) is 11.3 Å². The lowest BCUT2D eigenvalue weighted by Gasteiger charge is -2.13. The second-order valence-corrected chi connectivity index (χ2v) is 4.82. The van der Waals surface area contributed by atoms with Crippen molar-refractivity contribution in [3.8, 4) is 5.75 Å². The summed E-state index contributed by atoms with van der Waals surface area (Å²) in [6.07, 6.45) is 0. The van der Waals surface area contributed by atoms with Crippen LogP contribution in [0.25, 0.3) is 0 Å². The summed E-state index contributed by atoms with van der Waals surface area (Å²) in [6.45, 7) is 1.53. The smallest absolute Gasteiger partial charge is 0.175 e. The van der Waals surface area contributed by atoms with Gasteiger partial charge < -0.3 is 15.4 Å². The van der Waals surface area contributed by atoms with Crippen molar-refractivity contribution in [3.63, 3.8) is 0 Å². The number of hydrogen-bond donors (Lipinski definition) is 2. The molecule has 2 rings (SSSR count). The van der Waals surface area contributed by atoms with Crippen LogP contribution in [0.4, 0.5) is 11.4 Å². The fourth-order valence-electron chi connectivity index (χ4n) is 1.85. The van der Waals surface area contributed by atoms with Crippen LogP contribution < -0.4 is 15.4 Å². The number of carbonyl (C=O) groups is 1. The molecule has 21 heavy (non-hydrogen) atoms. The molecule has 0 saturated heterocycles. The van der Waals surface area contributed by atoms with Gasteiger partial charge in [-0.1, -0.05) is 24.3 Å². The number of methoxy groups -OCH3 is 1. The fraction of sp³-hybridized carbons (Fsp3) is 0.125. The van der Waals surface area contributed by atoms with Gasteiger partial charge in [0.05, 0.1) is 12.8 Å². The molecule has 0 saturated carbocycles. The minimum absolute atomic E-state index is 0.0160. The Morgan fingerprint density at radius 2 is 1.86 bits per heavy atom. The molecule has 5 heteroatoms. The van der Waals surface area contributed by atoms with E-state index >= 15 is 0 Å². The molecule has 0 spiro atoms. The van der Waals surface area contributed by atoms with Crippen LogP contribution in [0.15, 0.2) is 48.5 Å². The first-order valence-corrected chi connectivity index (χ1v) is 6.83. The quantitative estimate of drug-likeness (QED) is 0.666. The van der Waals surface area contributed by atoms with Crippen molar-refractivity contribution in [2.45, 2.75) is 6.92 Å². The molecule has 0 aliphatic carbocycles. The summed E-state index contributed by atoms with van der Waals surface area (Å²) in [5.74, 6) is 0.724. The van der Waals surface area contributed by atoms with E-state index in [0.29, 0.717) is 16.4 Å². The number of thiocarbonyl (C=S) groups is 1. The predicted molar refractivity (Wildman–Crippen MR) is 89.3 cm³/mol. The largest absolute Gasteiger partial charge is 0.495 e. The average Bonchev–Trinajstić information content (AvgIpc) is 2.48. The second-order valence-electron chi connectivity index (χ2n) is 4.42. The number of ether oxygens (including phenoxy) is 1. The summed E-state index contributed by atoms with van der Waals surface area (Å²) in [7, 11) is 1.60. The predicted octanol–water partition coefficient (Wildman–Crippen LogP) is 3.71. The molecule has 0 aliphatic rings. The maximum absolute atomic E-state index is 11.4. The van der Waals surface area contributed by atoms with Crippen LogP contribution >= 0.6 is 12.2 Å². The van der Waals surface area contributed by atoms with Gasteiger partial charge in [0.1, 0.15) is 5.75 Å². The van der Waals surface area contributed by atoms with E-state index in [9.17, 15) is 4.79 Å². The zero-order valence-electron chi connectivity index (χ0n) is 11.8. The first-order valence-electron chi connectivity index (χ1n) is 6.42. The number of benzene rings is 2. The highest BCUT2D eigenvalue weighted by molar-refractivity contribution is 7.80. The normalized spacial score (nSPS) is 9.81. The third-order valence-corrected chi connectivity index (χ3v) is 3.09. The van der Waals surface area contributed by atoms with E-state index < -0.39 is 0 Å². The number of hydrogen-bond acceptors (Lipinski definition) is 3. The van der Waals surface area contributed by atoms with Crippen molar-refractivity contribution in [1.29, 1.82) is 0 Å². The average molecular weight is 300 g/mol. The number of Topliss-reactive ketones (excluding diaryl/α,β-unsaturated/α-hetero) is 1. The standard InChI is InChI=1S/C16H16N2O2S/c1-11(19)12-6-5-7-13(10-12)17-16(21)18-14-8-3-4-9-15(14)20-2/h3-10H,1-2H3,(H2,17,18,21). The molecule has 0 atom stereocenters. The van der Waals surface area contributed by atoms with Gasteiger partial charge in [-0.25, -0.2) is 0 Å². The lowest BCUT2D eigenvalue weighted by Crippen LogP contribution is -2.19. The maximum Gasteiger partial charge on any atom is 0.175 e. The Labute approximate surface area is 129 Å². The van der Waals surface area contributed by atoms with Crippen molar-refractivity contribution in [3.05, 3.63) is 54.1 Å². The molecule has 0 aliphatic heterocycles. The van der Waals surface area contributed by atoms with Crippen LogP contribution in [0.1, 0.15) is 17.3 Å². The van der Waals surface area contributed by atoms with Gasteiger partial charge in [0.2, 0.25) is 0 Å². The van der Waals surface area contributed by atoms with Crippen molar-refractivity contribution in [2.24, 2.45) is 0 Å². The fourth-order valence-corrected chi connectivity index (χ4v) is 2.08.